The summed E-state index contributed by atoms with van der Waals surface area (Å²) >= 11 is 5.82. The molecule has 3 N–H and O–H groups in total. The molecule has 2 atom stereocenters. The minimum absolute atomic E-state index is 0.0637. The topological polar surface area (TPSA) is 82.4 Å². The number of phenols is 1. The van der Waals surface area contributed by atoms with Crippen molar-refractivity contribution in [2.75, 3.05) is 11.9 Å². The van der Waals surface area contributed by atoms with Gasteiger partial charge in [0.2, 0.25) is 5.91 Å². The van der Waals surface area contributed by atoms with E-state index in [4.69, 9.17) is 12.2 Å². The molecule has 8 heteroatoms. The molecule has 4 aromatic rings. The van der Waals surface area contributed by atoms with Crippen LogP contribution in [0.5, 0.6) is 5.75 Å². The first kappa shape index (κ1) is 26.4. The molecule has 0 spiro atoms. The number of anilines is 1. The molecule has 0 aliphatic carbocycles. The third-order valence-corrected chi connectivity index (χ3v) is 7.71. The molecule has 7 nitrogen and oxygen atoms in total. The van der Waals surface area contributed by atoms with Gasteiger partial charge in [-0.1, -0.05) is 30.3 Å². The first-order chi connectivity index (χ1) is 18.7. The van der Waals surface area contributed by atoms with Gasteiger partial charge in [0.1, 0.15) is 5.75 Å². The molecule has 2 aromatic heterocycles. The van der Waals surface area contributed by atoms with Gasteiger partial charge in [-0.15, -0.1) is 0 Å². The fourth-order valence-corrected chi connectivity index (χ4v) is 5.73. The van der Waals surface area contributed by atoms with E-state index in [1.54, 1.807) is 12.3 Å². The standard InChI is InChI=1S/C31H33N5O2S/c1-19-12-13-20(2)25(17-19)33-28(38)14-16-35-30(29(34-31(35)39)24-9-7-8-15-32-24)23-18-21(3)36(22(23)4)26-10-5-6-11-27(26)37/h5-13,15,17-18,29-30,37H,14,16H2,1-4H3,(H,33,38)(H,34,39)/t29-,30+/m0/s1. The zero-order chi connectivity index (χ0) is 27.7. The molecule has 0 saturated carbocycles. The van der Waals surface area contributed by atoms with Crippen molar-refractivity contribution < 1.29 is 9.90 Å². The minimum Gasteiger partial charge on any atom is -0.506 e. The second-order valence-corrected chi connectivity index (χ2v) is 10.5. The molecule has 39 heavy (non-hydrogen) atoms. The zero-order valence-corrected chi connectivity index (χ0v) is 23.4. The number of para-hydroxylation sites is 2. The number of carbonyl (C=O) groups is 1. The lowest BCUT2D eigenvalue weighted by Gasteiger charge is -2.28. The lowest BCUT2D eigenvalue weighted by atomic mass is 9.96. The maximum absolute atomic E-state index is 13.0. The van der Waals surface area contributed by atoms with Crippen LogP contribution in [0.1, 0.15) is 52.3 Å². The number of pyridine rings is 1. The number of nitrogens with zero attached hydrogens (tertiary/aromatic N) is 3. The van der Waals surface area contributed by atoms with Gasteiger partial charge in [-0.2, -0.15) is 0 Å². The molecular weight excluding hydrogens is 506 g/mol. The van der Waals surface area contributed by atoms with Crippen LogP contribution in [0.15, 0.2) is 72.9 Å². The SMILES string of the molecule is Cc1ccc(C)c(NC(=O)CCN2C(=S)N[C@@H](c3ccccn3)[C@H]2c2cc(C)n(-c3ccccc3O)c2C)c1. The predicted molar refractivity (Wildman–Crippen MR) is 158 cm³/mol. The molecule has 0 unspecified atom stereocenters. The second-order valence-electron chi connectivity index (χ2n) is 10.1. The summed E-state index contributed by atoms with van der Waals surface area (Å²) < 4.78 is 2.06. The van der Waals surface area contributed by atoms with E-state index in [1.807, 2.05) is 75.4 Å². The summed E-state index contributed by atoms with van der Waals surface area (Å²) in [7, 11) is 0. The highest BCUT2D eigenvalue weighted by molar-refractivity contribution is 7.80. The van der Waals surface area contributed by atoms with Gasteiger partial charge >= 0.3 is 0 Å². The Kier molecular flexibility index (Phi) is 7.39. The highest BCUT2D eigenvalue weighted by Crippen LogP contribution is 2.42. The van der Waals surface area contributed by atoms with Crippen LogP contribution in [0, 0.1) is 27.7 Å². The van der Waals surface area contributed by atoms with Crippen LogP contribution >= 0.6 is 12.2 Å². The van der Waals surface area contributed by atoms with Crippen molar-refractivity contribution in [1.82, 2.24) is 19.8 Å². The molecule has 2 aromatic carbocycles. The van der Waals surface area contributed by atoms with E-state index in [0.717, 1.165) is 45.1 Å². The molecule has 200 valence electrons. The molecule has 1 saturated heterocycles. The molecule has 5 rings (SSSR count). The molecule has 3 heterocycles. The van der Waals surface area contributed by atoms with Crippen molar-refractivity contribution >= 4 is 28.9 Å². The van der Waals surface area contributed by atoms with Crippen molar-refractivity contribution in [2.24, 2.45) is 0 Å². The highest BCUT2D eigenvalue weighted by Gasteiger charge is 2.41. The molecule has 1 aliphatic heterocycles. The number of nitrogens with one attached hydrogen (secondary N) is 2. The van der Waals surface area contributed by atoms with Crippen LogP contribution < -0.4 is 10.6 Å². The summed E-state index contributed by atoms with van der Waals surface area (Å²) in [5, 5.41) is 17.7. The van der Waals surface area contributed by atoms with Gasteiger partial charge in [-0.3, -0.25) is 9.78 Å². The van der Waals surface area contributed by atoms with E-state index in [1.165, 1.54) is 0 Å². The quantitative estimate of drug-likeness (QED) is 0.257. The largest absolute Gasteiger partial charge is 0.506 e. The maximum atomic E-state index is 13.0. The number of carbonyl (C=O) groups excluding carboxylic acids is 1. The van der Waals surface area contributed by atoms with Crippen LogP contribution in [0.4, 0.5) is 5.69 Å². The van der Waals surface area contributed by atoms with Gasteiger partial charge in [-0.05, 0) is 93.0 Å². The minimum atomic E-state index is -0.195. The monoisotopic (exact) mass is 539 g/mol. The summed E-state index contributed by atoms with van der Waals surface area (Å²) in [5.74, 6) is 0.151. The van der Waals surface area contributed by atoms with Gasteiger partial charge in [0.05, 0.1) is 23.5 Å². The summed E-state index contributed by atoms with van der Waals surface area (Å²) in [6, 6.07) is 21.0. The average molecular weight is 540 g/mol. The van der Waals surface area contributed by atoms with E-state index in [9.17, 15) is 9.90 Å². The summed E-state index contributed by atoms with van der Waals surface area (Å²) in [4.78, 5) is 19.8. The number of benzene rings is 2. The van der Waals surface area contributed by atoms with Crippen LogP contribution in [0.25, 0.3) is 5.69 Å². The molecule has 1 amide bonds. The third-order valence-electron chi connectivity index (χ3n) is 7.36. The van der Waals surface area contributed by atoms with Crippen molar-refractivity contribution in [3.8, 4) is 11.4 Å². The third kappa shape index (κ3) is 5.25. The van der Waals surface area contributed by atoms with Gasteiger partial charge in [0.15, 0.2) is 5.11 Å². The Hall–Kier alpha value is -4.17. The van der Waals surface area contributed by atoms with Crippen molar-refractivity contribution in [3.63, 3.8) is 0 Å². The van der Waals surface area contributed by atoms with Crippen LogP contribution in [0.2, 0.25) is 0 Å². The number of aromatic hydroxyl groups is 1. The number of thiocarbonyl (C=S) groups is 1. The Labute approximate surface area is 234 Å². The Bertz CT molecular complexity index is 1530. The predicted octanol–water partition coefficient (Wildman–Crippen LogP) is 5.81. The second kappa shape index (κ2) is 10.9. The smallest absolute Gasteiger partial charge is 0.226 e. The first-order valence-electron chi connectivity index (χ1n) is 13.1. The first-order valence-corrected chi connectivity index (χ1v) is 13.5. The van der Waals surface area contributed by atoms with Crippen LogP contribution in [-0.4, -0.2) is 37.1 Å². The Morgan fingerprint density at radius 2 is 1.82 bits per heavy atom. The normalized spacial score (nSPS) is 16.8. The molecular formula is C31H33N5O2S. The van der Waals surface area contributed by atoms with E-state index in [2.05, 4.69) is 38.1 Å². The van der Waals surface area contributed by atoms with E-state index in [0.29, 0.717) is 11.7 Å². The lowest BCUT2D eigenvalue weighted by molar-refractivity contribution is -0.116. The maximum Gasteiger partial charge on any atom is 0.226 e. The Morgan fingerprint density at radius 3 is 2.56 bits per heavy atom. The van der Waals surface area contributed by atoms with Crippen LogP contribution in [-0.2, 0) is 4.79 Å². The van der Waals surface area contributed by atoms with Gasteiger partial charge in [0, 0.05) is 36.2 Å². The van der Waals surface area contributed by atoms with E-state index in [-0.39, 0.29) is 30.2 Å². The number of phenolic OH excluding ortho intramolecular Hbond substituents is 1. The van der Waals surface area contributed by atoms with Gasteiger partial charge < -0.3 is 25.2 Å². The van der Waals surface area contributed by atoms with Gasteiger partial charge in [-0.25, -0.2) is 0 Å². The Balaban J connectivity index is 1.48. The summed E-state index contributed by atoms with van der Waals surface area (Å²) in [6.45, 7) is 8.52. The van der Waals surface area contributed by atoms with E-state index < -0.39 is 0 Å². The molecule has 0 bridgehead atoms. The Morgan fingerprint density at radius 1 is 1.05 bits per heavy atom. The average Bonchev–Trinajstić information content (AvgIpc) is 3.40. The van der Waals surface area contributed by atoms with Gasteiger partial charge in [0.25, 0.3) is 0 Å². The number of amides is 1. The number of hydrogen-bond donors (Lipinski definition) is 3. The van der Waals surface area contributed by atoms with Crippen molar-refractivity contribution in [3.05, 3.63) is 107 Å². The summed E-state index contributed by atoms with van der Waals surface area (Å²) in [5.41, 5.74) is 7.60. The fraction of sp³-hybridized carbons (Fsp3) is 0.258. The number of aromatic nitrogens is 2. The zero-order valence-electron chi connectivity index (χ0n) is 22.6. The lowest BCUT2D eigenvalue weighted by Crippen LogP contribution is -2.33. The number of aryl methyl sites for hydroxylation is 3. The fourth-order valence-electron chi connectivity index (χ4n) is 5.40. The molecule has 0 radical (unpaired) electrons. The van der Waals surface area contributed by atoms with Crippen LogP contribution in [0.3, 0.4) is 0 Å². The van der Waals surface area contributed by atoms with E-state index >= 15 is 0 Å². The molecule has 1 aliphatic rings. The highest BCUT2D eigenvalue weighted by atomic mass is 32.1. The molecule has 1 fully saturated rings. The van der Waals surface area contributed by atoms with Crippen molar-refractivity contribution in [1.29, 1.82) is 0 Å². The summed E-state index contributed by atoms with van der Waals surface area (Å²) in [6.07, 6.45) is 2.06. The number of hydrogen-bond acceptors (Lipinski definition) is 4. The number of rotatable bonds is 7. The van der Waals surface area contributed by atoms with Crippen molar-refractivity contribution in [2.45, 2.75) is 46.2 Å².